The molecule has 0 spiro atoms. The van der Waals surface area contributed by atoms with Crippen molar-refractivity contribution < 1.29 is 27.8 Å². The van der Waals surface area contributed by atoms with E-state index >= 15 is 0 Å². The van der Waals surface area contributed by atoms with E-state index < -0.39 is 12.0 Å². The van der Waals surface area contributed by atoms with Crippen LogP contribution in [-0.2, 0) is 10.4 Å². The number of hydrogen-bond acceptors (Lipinski definition) is 4. The molecular formula is C25H35F3N2O3. The molecule has 0 amide bonds. The second-order valence-corrected chi connectivity index (χ2v) is 10.5. The van der Waals surface area contributed by atoms with Gasteiger partial charge in [-0.2, -0.15) is 0 Å². The van der Waals surface area contributed by atoms with Crippen LogP contribution in [0.2, 0.25) is 0 Å². The van der Waals surface area contributed by atoms with Crippen LogP contribution in [0.25, 0.3) is 11.0 Å². The Morgan fingerprint density at radius 1 is 1.21 bits per heavy atom. The lowest BCUT2D eigenvalue weighted by molar-refractivity contribution is -0.275. The average molecular weight is 469 g/mol. The number of Topliss-reactive ketones (excluding diaryl/α,β-unsaturated/α-hetero) is 1. The standard InChI is InChI=1S/C17H19F3N2O2.C8H16O/c1-10-21-13-7-6-12(16(23)8-3-9-16)15(24-17(18,19)20)14(13)22(10)11-4-2-5-11;1-5-7(9)6-8(2,3)4/h6-7,11,23H,2-5,8-9H2,1H3;5-6H2,1-4H3. The molecular weight excluding hydrogens is 433 g/mol. The van der Waals surface area contributed by atoms with Crippen LogP contribution in [0.5, 0.6) is 5.75 Å². The van der Waals surface area contributed by atoms with Crippen LogP contribution in [0.15, 0.2) is 12.1 Å². The van der Waals surface area contributed by atoms with Gasteiger partial charge in [0.1, 0.15) is 17.1 Å². The molecule has 0 unspecified atom stereocenters. The lowest BCUT2D eigenvalue weighted by Gasteiger charge is -2.38. The Morgan fingerprint density at radius 3 is 2.24 bits per heavy atom. The molecule has 1 aromatic heterocycles. The van der Waals surface area contributed by atoms with E-state index in [1.54, 1.807) is 13.0 Å². The Morgan fingerprint density at radius 2 is 1.85 bits per heavy atom. The number of fused-ring (bicyclic) bond motifs is 1. The largest absolute Gasteiger partial charge is 0.573 e. The quantitative estimate of drug-likeness (QED) is 0.528. The van der Waals surface area contributed by atoms with Crippen LogP contribution in [0.1, 0.15) is 96.5 Å². The molecule has 2 aliphatic carbocycles. The van der Waals surface area contributed by atoms with Crippen LogP contribution in [0, 0.1) is 12.3 Å². The number of imidazole rings is 1. The van der Waals surface area contributed by atoms with Crippen molar-refractivity contribution in [3.63, 3.8) is 0 Å². The lowest BCUT2D eigenvalue weighted by Crippen LogP contribution is -2.35. The Labute approximate surface area is 193 Å². The molecule has 0 atom stereocenters. The number of aliphatic hydroxyl groups is 1. The maximum Gasteiger partial charge on any atom is 0.573 e. The van der Waals surface area contributed by atoms with Gasteiger partial charge < -0.3 is 14.4 Å². The van der Waals surface area contributed by atoms with E-state index in [2.05, 4.69) is 30.5 Å². The van der Waals surface area contributed by atoms with Crippen LogP contribution in [0.4, 0.5) is 13.2 Å². The monoisotopic (exact) mass is 468 g/mol. The smallest absolute Gasteiger partial charge is 0.403 e. The molecule has 0 radical (unpaired) electrons. The number of hydrogen-bond donors (Lipinski definition) is 1. The Hall–Kier alpha value is -2.09. The molecule has 4 rings (SSSR count). The number of alkyl halides is 3. The van der Waals surface area contributed by atoms with Gasteiger partial charge >= 0.3 is 6.36 Å². The molecule has 0 aliphatic heterocycles. The van der Waals surface area contributed by atoms with Gasteiger partial charge in [0.25, 0.3) is 0 Å². The molecule has 0 saturated heterocycles. The van der Waals surface area contributed by atoms with Gasteiger partial charge in [-0.05, 0) is 56.9 Å². The summed E-state index contributed by atoms with van der Waals surface area (Å²) in [6.07, 6.45) is 1.17. The lowest BCUT2D eigenvalue weighted by atomic mass is 9.74. The van der Waals surface area contributed by atoms with Crippen molar-refractivity contribution in [1.29, 1.82) is 0 Å². The molecule has 0 bridgehead atoms. The maximum absolute atomic E-state index is 13.1. The number of halogens is 3. The first-order valence-corrected chi connectivity index (χ1v) is 11.8. The number of nitrogens with zero attached hydrogens (tertiary/aromatic N) is 2. The number of ether oxygens (including phenoxy) is 1. The van der Waals surface area contributed by atoms with Crippen LogP contribution >= 0.6 is 0 Å². The molecule has 1 N–H and O–H groups in total. The molecule has 5 nitrogen and oxygen atoms in total. The first kappa shape index (κ1) is 25.5. The van der Waals surface area contributed by atoms with E-state index in [-0.39, 0.29) is 22.8 Å². The first-order chi connectivity index (χ1) is 15.2. The Kier molecular flexibility index (Phi) is 7.18. The van der Waals surface area contributed by atoms with Gasteiger partial charge in [-0.3, -0.25) is 4.79 Å². The summed E-state index contributed by atoms with van der Waals surface area (Å²) in [6.45, 7) is 9.96. The predicted molar refractivity (Wildman–Crippen MR) is 121 cm³/mol. The van der Waals surface area contributed by atoms with Crippen molar-refractivity contribution in [2.24, 2.45) is 5.41 Å². The van der Waals surface area contributed by atoms with Gasteiger partial charge in [-0.1, -0.05) is 33.8 Å². The summed E-state index contributed by atoms with van der Waals surface area (Å²) in [5, 5.41) is 10.6. The highest BCUT2D eigenvalue weighted by Gasteiger charge is 2.43. The van der Waals surface area contributed by atoms with Crippen molar-refractivity contribution in [3.05, 3.63) is 23.5 Å². The number of carbonyl (C=O) groups is 1. The van der Waals surface area contributed by atoms with Crippen molar-refractivity contribution in [2.75, 3.05) is 0 Å². The van der Waals surface area contributed by atoms with Gasteiger partial charge in [0.2, 0.25) is 0 Å². The number of ketones is 1. The van der Waals surface area contributed by atoms with Crippen molar-refractivity contribution in [2.45, 2.75) is 104 Å². The van der Waals surface area contributed by atoms with Crippen molar-refractivity contribution >= 4 is 16.8 Å². The number of carbonyl (C=O) groups excluding carboxylic acids is 1. The Bertz CT molecular complexity index is 997. The predicted octanol–water partition coefficient (Wildman–Crippen LogP) is 6.74. The summed E-state index contributed by atoms with van der Waals surface area (Å²) in [5.41, 5.74) is -0.0125. The molecule has 2 fully saturated rings. The van der Waals surface area contributed by atoms with E-state index in [9.17, 15) is 23.1 Å². The first-order valence-electron chi connectivity index (χ1n) is 11.8. The fourth-order valence-electron chi connectivity index (χ4n) is 4.45. The highest BCUT2D eigenvalue weighted by Crippen LogP contribution is 2.49. The molecule has 33 heavy (non-hydrogen) atoms. The Balaban J connectivity index is 0.000000292. The van der Waals surface area contributed by atoms with Gasteiger partial charge in [-0.15, -0.1) is 13.2 Å². The zero-order chi connectivity index (χ0) is 24.6. The summed E-state index contributed by atoms with van der Waals surface area (Å²) < 4.78 is 45.5. The molecule has 2 aliphatic rings. The minimum Gasteiger partial charge on any atom is -0.403 e. The molecule has 184 valence electrons. The fourth-order valence-corrected chi connectivity index (χ4v) is 4.45. The third kappa shape index (κ3) is 5.89. The van der Waals surface area contributed by atoms with E-state index in [4.69, 9.17) is 0 Å². The van der Waals surface area contributed by atoms with Crippen molar-refractivity contribution in [1.82, 2.24) is 9.55 Å². The summed E-state index contributed by atoms with van der Waals surface area (Å²) in [4.78, 5) is 15.2. The highest BCUT2D eigenvalue weighted by molar-refractivity contribution is 5.85. The van der Waals surface area contributed by atoms with Gasteiger partial charge in [-0.25, -0.2) is 4.98 Å². The molecule has 2 aromatic rings. The number of aromatic nitrogens is 2. The van der Waals surface area contributed by atoms with Gasteiger partial charge in [0.15, 0.2) is 5.75 Å². The second-order valence-electron chi connectivity index (χ2n) is 10.5. The van der Waals surface area contributed by atoms with E-state index in [0.717, 1.165) is 25.7 Å². The average Bonchev–Trinajstić information content (AvgIpc) is 2.93. The third-order valence-electron chi connectivity index (χ3n) is 6.44. The van der Waals surface area contributed by atoms with E-state index in [0.29, 0.717) is 48.3 Å². The topological polar surface area (TPSA) is 64.3 Å². The summed E-state index contributed by atoms with van der Waals surface area (Å²) in [5.74, 6) is 0.761. The molecule has 1 aromatic carbocycles. The normalized spacial score (nSPS) is 18.2. The van der Waals surface area contributed by atoms with E-state index in [1.165, 1.54) is 6.07 Å². The molecule has 1 heterocycles. The minimum absolute atomic E-state index is 0.150. The zero-order valence-corrected chi connectivity index (χ0v) is 20.2. The van der Waals surface area contributed by atoms with Crippen molar-refractivity contribution in [3.8, 4) is 5.75 Å². The van der Waals surface area contributed by atoms with Gasteiger partial charge in [0.05, 0.1) is 11.1 Å². The second kappa shape index (κ2) is 9.28. The highest BCUT2D eigenvalue weighted by atomic mass is 19.4. The van der Waals surface area contributed by atoms with Gasteiger partial charge in [0, 0.05) is 24.4 Å². The number of aryl methyl sites for hydroxylation is 1. The van der Waals surface area contributed by atoms with Crippen LogP contribution in [-0.4, -0.2) is 26.8 Å². The summed E-state index contributed by atoms with van der Waals surface area (Å²) >= 11 is 0. The number of rotatable bonds is 5. The fraction of sp³-hybridized carbons (Fsp3) is 0.680. The van der Waals surface area contributed by atoms with E-state index in [1.807, 2.05) is 11.5 Å². The maximum atomic E-state index is 13.1. The number of benzene rings is 1. The van der Waals surface area contributed by atoms with Crippen LogP contribution in [0.3, 0.4) is 0 Å². The summed E-state index contributed by atoms with van der Waals surface area (Å²) in [6, 6.07) is 3.36. The third-order valence-corrected chi connectivity index (χ3v) is 6.44. The SMILES string of the molecule is CCC(=O)CC(C)(C)C.Cc1nc2ccc(C3(O)CCC3)c(OC(F)(F)F)c2n1C1CCC1. The molecule has 2 saturated carbocycles. The molecule has 8 heteroatoms. The minimum atomic E-state index is -4.81. The van der Waals surface area contributed by atoms with Crippen LogP contribution < -0.4 is 4.74 Å². The zero-order valence-electron chi connectivity index (χ0n) is 20.2. The summed E-state index contributed by atoms with van der Waals surface area (Å²) in [7, 11) is 0.